The fourth-order valence-corrected chi connectivity index (χ4v) is 1.43. The Morgan fingerprint density at radius 1 is 1.53 bits per heavy atom. The Labute approximate surface area is 97.4 Å². The van der Waals surface area contributed by atoms with Crippen LogP contribution in [0.4, 0.5) is 0 Å². The van der Waals surface area contributed by atoms with E-state index in [1.54, 1.807) is 0 Å². The second-order valence-corrected chi connectivity index (χ2v) is 4.10. The fraction of sp³-hybridized carbons (Fsp3) is 0.889. The molecule has 1 saturated heterocycles. The van der Waals surface area contributed by atoms with Gasteiger partial charge in [0.15, 0.2) is 0 Å². The molecule has 0 unspecified atom stereocenters. The second kappa shape index (κ2) is 5.25. The number of hydrogen-bond donors (Lipinski definition) is 6. The Hall–Kier alpha value is -0.770. The van der Waals surface area contributed by atoms with E-state index < -0.39 is 36.1 Å². The molecule has 1 fully saturated rings. The highest BCUT2D eigenvalue weighted by Crippen LogP contribution is 2.23. The third-order valence-electron chi connectivity index (χ3n) is 2.72. The van der Waals surface area contributed by atoms with Gasteiger partial charge >= 0.3 is 5.97 Å². The van der Waals surface area contributed by atoms with Crippen LogP contribution < -0.4 is 5.32 Å². The van der Waals surface area contributed by atoms with Gasteiger partial charge in [0.2, 0.25) is 5.79 Å². The topological polar surface area (TPSA) is 139 Å². The molecule has 8 nitrogen and oxygen atoms in total. The van der Waals surface area contributed by atoms with Crippen molar-refractivity contribution in [1.29, 1.82) is 0 Å². The van der Waals surface area contributed by atoms with Crippen LogP contribution in [-0.2, 0) is 9.53 Å². The second-order valence-electron chi connectivity index (χ2n) is 4.10. The van der Waals surface area contributed by atoms with Crippen molar-refractivity contribution in [3.05, 3.63) is 0 Å². The van der Waals surface area contributed by atoms with Gasteiger partial charge in [-0.2, -0.15) is 0 Å². The molecule has 5 atom stereocenters. The summed E-state index contributed by atoms with van der Waals surface area (Å²) in [5, 5.41) is 49.0. The van der Waals surface area contributed by atoms with E-state index in [1.165, 1.54) is 6.92 Å². The molecule has 6 N–H and O–H groups in total. The minimum Gasteiger partial charge on any atom is -0.480 e. The van der Waals surface area contributed by atoms with Gasteiger partial charge in [-0.25, -0.2) is 0 Å². The zero-order chi connectivity index (χ0) is 13.2. The molecule has 1 heterocycles. The monoisotopic (exact) mass is 251 g/mol. The van der Waals surface area contributed by atoms with E-state index in [2.05, 4.69) is 5.32 Å². The molecule has 0 radical (unpaired) electrons. The molecule has 100 valence electrons. The zero-order valence-electron chi connectivity index (χ0n) is 9.28. The quantitative estimate of drug-likeness (QED) is 0.308. The lowest BCUT2D eigenvalue weighted by atomic mass is 9.96. The number of aliphatic hydroxyl groups is 4. The van der Waals surface area contributed by atoms with Gasteiger partial charge in [0.25, 0.3) is 0 Å². The van der Waals surface area contributed by atoms with Crippen molar-refractivity contribution in [2.75, 3.05) is 13.2 Å². The highest BCUT2D eigenvalue weighted by Gasteiger charge is 2.48. The van der Waals surface area contributed by atoms with E-state index in [0.717, 1.165) is 0 Å². The lowest BCUT2D eigenvalue weighted by Crippen LogP contribution is -2.65. The molecule has 0 aromatic heterocycles. The highest BCUT2D eigenvalue weighted by atomic mass is 16.6. The van der Waals surface area contributed by atoms with Gasteiger partial charge in [0.1, 0.15) is 24.4 Å². The first-order valence-corrected chi connectivity index (χ1v) is 5.14. The molecule has 0 amide bonds. The van der Waals surface area contributed by atoms with Crippen molar-refractivity contribution in [3.63, 3.8) is 0 Å². The zero-order valence-corrected chi connectivity index (χ0v) is 9.28. The number of hydrogen-bond acceptors (Lipinski definition) is 7. The van der Waals surface area contributed by atoms with Crippen LogP contribution >= 0.6 is 0 Å². The maximum atomic E-state index is 10.5. The van der Waals surface area contributed by atoms with Crippen LogP contribution in [0.2, 0.25) is 0 Å². The fourth-order valence-electron chi connectivity index (χ4n) is 1.43. The maximum Gasteiger partial charge on any atom is 0.320 e. The summed E-state index contributed by atoms with van der Waals surface area (Å²) in [6.07, 6.45) is -4.56. The molecular formula is C9H17NO7. The number of aliphatic carboxylic acids is 1. The summed E-state index contributed by atoms with van der Waals surface area (Å²) in [6, 6.07) is -0.946. The minimum atomic E-state index is -2.12. The van der Waals surface area contributed by atoms with E-state index in [-0.39, 0.29) is 13.2 Å². The third-order valence-corrected chi connectivity index (χ3v) is 2.72. The summed E-state index contributed by atoms with van der Waals surface area (Å²) < 4.78 is 4.83. The summed E-state index contributed by atoms with van der Waals surface area (Å²) in [4.78, 5) is 10.5. The van der Waals surface area contributed by atoms with Crippen LogP contribution in [0.15, 0.2) is 0 Å². The predicted molar refractivity (Wildman–Crippen MR) is 54.0 cm³/mol. The first-order chi connectivity index (χ1) is 7.78. The first kappa shape index (κ1) is 14.3. The van der Waals surface area contributed by atoms with Gasteiger partial charge in [-0.1, -0.05) is 0 Å². The average molecular weight is 251 g/mol. The summed E-state index contributed by atoms with van der Waals surface area (Å²) in [5.41, 5.74) is 0. The van der Waals surface area contributed by atoms with Crippen molar-refractivity contribution >= 4 is 5.97 Å². The number of carbonyl (C=O) groups is 1. The van der Waals surface area contributed by atoms with Crippen molar-refractivity contribution in [2.24, 2.45) is 0 Å². The molecule has 0 aromatic rings. The lowest BCUT2D eigenvalue weighted by molar-refractivity contribution is -0.318. The van der Waals surface area contributed by atoms with E-state index >= 15 is 0 Å². The Kier molecular flexibility index (Phi) is 4.42. The molecule has 0 saturated carbocycles. The van der Waals surface area contributed by atoms with Crippen LogP contribution in [0, 0.1) is 0 Å². The summed E-state index contributed by atoms with van der Waals surface area (Å²) >= 11 is 0. The van der Waals surface area contributed by atoms with Crippen LogP contribution in [0.5, 0.6) is 0 Å². The molecule has 1 aliphatic rings. The molecule has 1 aliphatic heterocycles. The number of carboxylic acid groups (broad SMARTS) is 1. The van der Waals surface area contributed by atoms with Gasteiger partial charge in [-0.05, 0) is 6.92 Å². The van der Waals surface area contributed by atoms with Crippen LogP contribution in [0.25, 0.3) is 0 Å². The smallest absolute Gasteiger partial charge is 0.320 e. The average Bonchev–Trinajstić information content (AvgIpc) is 2.29. The van der Waals surface area contributed by atoms with Crippen LogP contribution in [0.1, 0.15) is 6.92 Å². The number of rotatable bonds is 4. The van der Waals surface area contributed by atoms with E-state index in [1.807, 2.05) is 0 Å². The van der Waals surface area contributed by atoms with Crippen molar-refractivity contribution < 1.29 is 35.1 Å². The van der Waals surface area contributed by atoms with Gasteiger partial charge in [-0.15, -0.1) is 0 Å². The molecular weight excluding hydrogens is 234 g/mol. The van der Waals surface area contributed by atoms with E-state index in [0.29, 0.717) is 0 Å². The molecule has 0 aliphatic carbocycles. The molecule has 0 bridgehead atoms. The first-order valence-electron chi connectivity index (χ1n) is 5.14. The molecule has 17 heavy (non-hydrogen) atoms. The van der Waals surface area contributed by atoms with Crippen molar-refractivity contribution in [1.82, 2.24) is 5.32 Å². The van der Waals surface area contributed by atoms with Gasteiger partial charge in [0, 0.05) is 0 Å². The summed E-state index contributed by atoms with van der Waals surface area (Å²) in [7, 11) is 0. The normalized spacial score (nSPS) is 39.9. The minimum absolute atomic E-state index is 0.349. The van der Waals surface area contributed by atoms with E-state index in [4.69, 9.17) is 9.84 Å². The van der Waals surface area contributed by atoms with Crippen LogP contribution in [-0.4, -0.2) is 74.8 Å². The standard InChI is InChI=1S/C9H17NO7/c1-4(8(14)15)10-3-9(16)7(13)6(12)5(11)2-17-9/h4-7,10-13,16H,2-3H2,1H3,(H,14,15)/t4-,5-,6-,7+,9-/m1/s1. The lowest BCUT2D eigenvalue weighted by Gasteiger charge is -2.41. The Balaban J connectivity index is 2.59. The Bertz CT molecular complexity index is 287. The highest BCUT2D eigenvalue weighted by molar-refractivity contribution is 5.72. The number of nitrogens with one attached hydrogen (secondary N) is 1. The number of carboxylic acids is 1. The van der Waals surface area contributed by atoms with Crippen LogP contribution in [0.3, 0.4) is 0 Å². The molecule has 0 spiro atoms. The SMILES string of the molecule is C[C@@H](NC[C@@]1(O)OC[C@@H](O)[C@@H](O)[C@@H]1O)C(=O)O. The molecule has 0 aromatic carbocycles. The number of aliphatic hydroxyl groups excluding tert-OH is 3. The number of ether oxygens (including phenoxy) is 1. The van der Waals surface area contributed by atoms with Gasteiger partial charge in [-0.3, -0.25) is 10.1 Å². The third kappa shape index (κ3) is 3.12. The van der Waals surface area contributed by atoms with Crippen molar-refractivity contribution in [3.8, 4) is 0 Å². The van der Waals surface area contributed by atoms with Gasteiger partial charge < -0.3 is 30.3 Å². The maximum absolute atomic E-state index is 10.5. The predicted octanol–water partition coefficient (Wildman–Crippen LogP) is -3.15. The summed E-state index contributed by atoms with van der Waals surface area (Å²) in [5.74, 6) is -3.25. The summed E-state index contributed by atoms with van der Waals surface area (Å²) in [6.45, 7) is 0.620. The Morgan fingerprint density at radius 3 is 2.65 bits per heavy atom. The molecule has 8 heteroatoms. The van der Waals surface area contributed by atoms with Gasteiger partial charge in [0.05, 0.1) is 13.2 Å². The largest absolute Gasteiger partial charge is 0.480 e. The Morgan fingerprint density at radius 2 is 2.12 bits per heavy atom. The van der Waals surface area contributed by atoms with E-state index in [9.17, 15) is 25.2 Å². The van der Waals surface area contributed by atoms with Crippen molar-refractivity contribution in [2.45, 2.75) is 37.1 Å². The molecule has 1 rings (SSSR count).